The standard InChI is InChI=1S/C25H28F5N3O6S.C20H20F5N3O5S.ClH/c26-24(27,25(28,29)30)9-8-18-15-32-20(16-31-18)17-4-6-19(7-5-17)40(35,36)23(10-13-37-14-11-23)22(34)33-39-21-3-1-2-12-38-21;21-19(22,20(23,24)25)6-5-14-11-27-16(12-26-14)13-1-3-15(4-2-13)34(31,32)18(17(29)28-30)7-9-33-10-8-18;/h4-7,15-16,21H,1-3,8-14H2,(H,33,34);1-4,11-12,30H,5-10H2,(H,28,29);1H. The number of ether oxygens (including phenoxy) is 3. The highest BCUT2D eigenvalue weighted by molar-refractivity contribution is 7.94. The highest BCUT2D eigenvalue weighted by atomic mass is 35.5. The van der Waals surface area contributed by atoms with Crippen molar-refractivity contribution in [3.05, 3.63) is 84.7 Å². The highest BCUT2D eigenvalue weighted by Crippen LogP contribution is 2.41. The number of hydrogen-bond acceptors (Lipinski definition) is 15. The molecule has 3 N–H and O–H groups in total. The molecule has 3 aliphatic rings. The average Bonchev–Trinajstić information content (AvgIpc) is 3.39. The third-order valence-electron chi connectivity index (χ3n) is 12.5. The van der Waals surface area contributed by atoms with Gasteiger partial charge >= 0.3 is 24.2 Å². The number of nitrogens with one attached hydrogen (secondary N) is 2. The third kappa shape index (κ3) is 13.7. The van der Waals surface area contributed by atoms with Crippen molar-refractivity contribution in [1.29, 1.82) is 0 Å². The molecule has 0 aliphatic carbocycles. The Morgan fingerprint density at radius 3 is 1.33 bits per heavy atom. The smallest absolute Gasteiger partial charge is 0.381 e. The van der Waals surface area contributed by atoms with Gasteiger partial charge in [-0.1, -0.05) is 24.3 Å². The summed E-state index contributed by atoms with van der Waals surface area (Å²) in [5, 5.41) is 9.08. The van der Waals surface area contributed by atoms with Gasteiger partial charge in [0, 0.05) is 75.8 Å². The first kappa shape index (κ1) is 60.7. The summed E-state index contributed by atoms with van der Waals surface area (Å²) in [6.45, 7) is 0.622. The van der Waals surface area contributed by atoms with Crippen molar-refractivity contribution in [2.24, 2.45) is 0 Å². The Hall–Kier alpha value is -5.17. The summed E-state index contributed by atoms with van der Waals surface area (Å²) < 4.78 is 193. The summed E-state index contributed by atoms with van der Waals surface area (Å²) in [6, 6.07) is 10.7. The summed E-state index contributed by atoms with van der Waals surface area (Å²) >= 11 is 0. The van der Waals surface area contributed by atoms with E-state index < -0.39 is 97.2 Å². The van der Waals surface area contributed by atoms with Gasteiger partial charge in [0.1, 0.15) is 0 Å². The number of carbonyl (C=O) groups excluding carboxylic acids is 2. The molecule has 4 aromatic rings. The Bertz CT molecular complexity index is 2770. The molecule has 1 unspecified atom stereocenters. The van der Waals surface area contributed by atoms with Gasteiger partial charge in [0.15, 0.2) is 35.5 Å². The average molecular weight is 1140 g/mol. The fraction of sp³-hybridized carbons (Fsp3) is 0.511. The molecule has 5 heterocycles. The molecule has 7 rings (SSSR count). The maximum Gasteiger partial charge on any atom is 0.453 e. The van der Waals surface area contributed by atoms with Crippen LogP contribution in [-0.2, 0) is 61.2 Å². The van der Waals surface area contributed by atoms with Crippen LogP contribution in [0.4, 0.5) is 43.9 Å². The molecular formula is C45H49ClF10N6O11S2. The third-order valence-corrected chi connectivity index (χ3v) is 17.6. The Balaban J connectivity index is 0.000000277. The summed E-state index contributed by atoms with van der Waals surface area (Å²) in [4.78, 5) is 46.4. The second-order valence-electron chi connectivity index (χ2n) is 17.2. The zero-order valence-corrected chi connectivity index (χ0v) is 41.6. The van der Waals surface area contributed by atoms with Crippen LogP contribution in [0.25, 0.3) is 22.5 Å². The number of benzene rings is 2. The molecule has 2 aromatic carbocycles. The first-order valence-electron chi connectivity index (χ1n) is 22.6. The SMILES string of the molecule is Cl.O=C(NO)C1(S(=O)(=O)c2ccc(-c3cnc(CCC(F)(F)C(F)(F)F)cn3)cc2)CCOCC1.O=C(NOC1CCCCO1)C1(S(=O)(=O)c2ccc(-c3cnc(CCC(F)(F)C(F)(F)F)cn3)cc2)CCOCC1. The van der Waals surface area contributed by atoms with E-state index in [2.05, 4.69) is 25.4 Å². The van der Waals surface area contributed by atoms with Crippen molar-refractivity contribution in [2.45, 2.75) is 120 Å². The molecule has 1 atom stereocenters. The van der Waals surface area contributed by atoms with E-state index in [4.69, 9.17) is 24.3 Å². The van der Waals surface area contributed by atoms with Crippen molar-refractivity contribution in [3.8, 4) is 22.5 Å². The van der Waals surface area contributed by atoms with Crippen molar-refractivity contribution < 1.29 is 94.6 Å². The molecule has 0 spiro atoms. The normalized spacial score (nSPS) is 18.4. The summed E-state index contributed by atoms with van der Waals surface area (Å²) in [5.74, 6) is -11.6. The van der Waals surface area contributed by atoms with E-state index in [1.165, 1.54) is 66.4 Å². The van der Waals surface area contributed by atoms with E-state index in [1.54, 1.807) is 0 Å². The van der Waals surface area contributed by atoms with Crippen molar-refractivity contribution >= 4 is 43.9 Å². The first-order valence-corrected chi connectivity index (χ1v) is 25.6. The second kappa shape index (κ2) is 24.4. The molecule has 17 nitrogen and oxygen atoms in total. The predicted molar refractivity (Wildman–Crippen MR) is 244 cm³/mol. The minimum Gasteiger partial charge on any atom is -0.381 e. The van der Waals surface area contributed by atoms with E-state index in [-0.39, 0.29) is 97.1 Å². The van der Waals surface area contributed by atoms with E-state index >= 15 is 0 Å². The van der Waals surface area contributed by atoms with Crippen LogP contribution in [0.1, 0.15) is 69.2 Å². The van der Waals surface area contributed by atoms with Crippen LogP contribution >= 0.6 is 12.4 Å². The monoisotopic (exact) mass is 1140 g/mol. The van der Waals surface area contributed by atoms with E-state index in [9.17, 15) is 70.3 Å². The van der Waals surface area contributed by atoms with Gasteiger partial charge < -0.3 is 14.2 Å². The molecule has 3 saturated heterocycles. The van der Waals surface area contributed by atoms with E-state index in [0.717, 1.165) is 25.2 Å². The van der Waals surface area contributed by atoms with Gasteiger partial charge in [0.2, 0.25) is 0 Å². The molecule has 30 heteroatoms. The lowest BCUT2D eigenvalue weighted by molar-refractivity contribution is -0.284. The van der Waals surface area contributed by atoms with Gasteiger partial charge in [0.05, 0.1) is 45.0 Å². The molecule has 75 heavy (non-hydrogen) atoms. The molecule has 414 valence electrons. The maximum absolute atomic E-state index is 13.7. The van der Waals surface area contributed by atoms with Gasteiger partial charge in [-0.3, -0.25) is 34.7 Å². The number of aromatic nitrogens is 4. The minimum absolute atomic E-state index is 0. The number of carbonyl (C=O) groups is 2. The Morgan fingerprint density at radius 1 is 0.600 bits per heavy atom. The van der Waals surface area contributed by atoms with Gasteiger partial charge in [0.25, 0.3) is 11.8 Å². The Kier molecular flexibility index (Phi) is 19.8. The molecule has 3 fully saturated rings. The van der Waals surface area contributed by atoms with Crippen LogP contribution in [0.2, 0.25) is 0 Å². The number of sulfone groups is 2. The number of alkyl halides is 10. The predicted octanol–water partition coefficient (Wildman–Crippen LogP) is 7.70. The Labute approximate surface area is 428 Å². The fourth-order valence-electron chi connectivity index (χ4n) is 7.94. The van der Waals surface area contributed by atoms with Crippen LogP contribution in [0.3, 0.4) is 0 Å². The Morgan fingerprint density at radius 2 is 1.00 bits per heavy atom. The van der Waals surface area contributed by atoms with Gasteiger partial charge in [-0.15, -0.1) is 12.4 Å². The lowest BCUT2D eigenvalue weighted by Gasteiger charge is -2.35. The lowest BCUT2D eigenvalue weighted by atomic mass is 9.98. The molecule has 2 aromatic heterocycles. The number of amides is 2. The number of hydrogen-bond donors (Lipinski definition) is 3. The van der Waals surface area contributed by atoms with Crippen LogP contribution in [0.15, 0.2) is 83.1 Å². The maximum atomic E-state index is 13.7. The molecule has 3 aliphatic heterocycles. The van der Waals surface area contributed by atoms with Crippen LogP contribution in [0, 0.1) is 0 Å². The van der Waals surface area contributed by atoms with E-state index in [1.807, 2.05) is 0 Å². The molecule has 0 radical (unpaired) electrons. The van der Waals surface area contributed by atoms with Crippen molar-refractivity contribution in [1.82, 2.24) is 30.9 Å². The van der Waals surface area contributed by atoms with Gasteiger partial charge in [-0.2, -0.15) is 43.9 Å². The van der Waals surface area contributed by atoms with Crippen molar-refractivity contribution in [2.75, 3.05) is 33.0 Å². The van der Waals surface area contributed by atoms with E-state index in [0.29, 0.717) is 24.2 Å². The van der Waals surface area contributed by atoms with Gasteiger partial charge in [-0.25, -0.2) is 32.6 Å². The van der Waals surface area contributed by atoms with Gasteiger partial charge in [-0.05, 0) is 75.6 Å². The number of halogens is 11. The zero-order valence-electron chi connectivity index (χ0n) is 39.1. The van der Waals surface area contributed by atoms with Crippen LogP contribution in [-0.4, -0.2) is 127 Å². The second-order valence-corrected chi connectivity index (χ2v) is 21.8. The zero-order chi connectivity index (χ0) is 54.2. The molecule has 0 saturated carbocycles. The number of hydroxylamine groups is 2. The largest absolute Gasteiger partial charge is 0.453 e. The quantitative estimate of drug-likeness (QED) is 0.0554. The highest BCUT2D eigenvalue weighted by Gasteiger charge is 2.58. The topological polar surface area (TPSA) is 235 Å². The molecule has 0 bridgehead atoms. The summed E-state index contributed by atoms with van der Waals surface area (Å²) in [5.41, 5.74) is 4.87. The molecular weight excluding hydrogens is 1090 g/mol. The lowest BCUT2D eigenvalue weighted by Crippen LogP contribution is -2.56. The first-order chi connectivity index (χ1) is 34.7. The number of rotatable bonds is 16. The van der Waals surface area contributed by atoms with Crippen molar-refractivity contribution in [3.63, 3.8) is 0 Å². The van der Waals surface area contributed by atoms with Crippen LogP contribution < -0.4 is 11.0 Å². The minimum atomic E-state index is -5.65. The summed E-state index contributed by atoms with van der Waals surface area (Å²) in [7, 11) is -8.45. The fourth-order valence-corrected chi connectivity index (χ4v) is 11.8. The number of aryl methyl sites for hydroxylation is 2. The molecule has 2 amide bonds. The van der Waals surface area contributed by atoms with Crippen LogP contribution in [0.5, 0.6) is 0 Å². The number of nitrogens with zero attached hydrogens (tertiary/aromatic N) is 4. The summed E-state index contributed by atoms with van der Waals surface area (Å²) in [6.07, 6.45) is -9.83.